The predicted octanol–water partition coefficient (Wildman–Crippen LogP) is 5.48. The van der Waals surface area contributed by atoms with Crippen LogP contribution in [0.25, 0.3) is 21.8 Å². The molecule has 0 atom stereocenters. The average molecular weight is 367 g/mol. The molecule has 5 rings (SSSR count). The van der Waals surface area contributed by atoms with Gasteiger partial charge in [-0.15, -0.1) is 0 Å². The van der Waals surface area contributed by atoms with Crippen LogP contribution in [0.5, 0.6) is 0 Å². The van der Waals surface area contributed by atoms with E-state index in [0.717, 1.165) is 57.0 Å². The Bertz CT molecular complexity index is 1290. The number of nitrogens with zero attached hydrogens (tertiary/aromatic N) is 1. The van der Waals surface area contributed by atoms with E-state index in [1.54, 1.807) is 0 Å². The number of Topliss-reactive ketones (excluding diaryl/α,β-unsaturated/α-hetero) is 1. The van der Waals surface area contributed by atoms with Gasteiger partial charge in [0.05, 0.1) is 0 Å². The zero-order valence-corrected chi connectivity index (χ0v) is 16.1. The van der Waals surface area contributed by atoms with Crippen LogP contribution in [0.2, 0.25) is 0 Å². The number of rotatable bonds is 3. The first-order valence-electron chi connectivity index (χ1n) is 9.81. The van der Waals surface area contributed by atoms with E-state index in [1.165, 1.54) is 0 Å². The van der Waals surface area contributed by atoms with Crippen molar-refractivity contribution in [2.75, 3.05) is 0 Å². The number of aromatic nitrogens is 1. The Balaban J connectivity index is 1.80. The van der Waals surface area contributed by atoms with Crippen molar-refractivity contribution in [3.63, 3.8) is 0 Å². The third-order valence-electron chi connectivity index (χ3n) is 6.01. The van der Waals surface area contributed by atoms with Crippen molar-refractivity contribution in [2.45, 2.75) is 33.2 Å². The largest absolute Gasteiger partial charge is 0.341 e. The second-order valence-electron chi connectivity index (χ2n) is 7.53. The molecule has 0 fully saturated rings. The number of benzene rings is 3. The summed E-state index contributed by atoms with van der Waals surface area (Å²) in [4.78, 5) is 25.4. The van der Waals surface area contributed by atoms with Crippen molar-refractivity contribution in [3.8, 4) is 0 Å². The molecule has 0 radical (unpaired) electrons. The van der Waals surface area contributed by atoms with E-state index in [1.807, 2.05) is 55.5 Å². The van der Waals surface area contributed by atoms with Crippen LogP contribution in [-0.2, 0) is 13.0 Å². The Morgan fingerprint density at radius 3 is 2.57 bits per heavy atom. The number of carbonyl (C=O) groups is 2. The molecule has 0 N–H and O–H groups in total. The van der Waals surface area contributed by atoms with E-state index in [2.05, 4.69) is 17.6 Å². The Morgan fingerprint density at radius 1 is 1.00 bits per heavy atom. The molecule has 3 heteroatoms. The molecule has 1 heterocycles. The average Bonchev–Trinajstić information content (AvgIpc) is 3.24. The van der Waals surface area contributed by atoms with Gasteiger partial charge in [0.1, 0.15) is 0 Å². The Morgan fingerprint density at radius 2 is 1.79 bits per heavy atom. The molecule has 0 saturated heterocycles. The fourth-order valence-corrected chi connectivity index (χ4v) is 4.62. The maximum absolute atomic E-state index is 13.1. The van der Waals surface area contributed by atoms with Crippen molar-refractivity contribution in [1.29, 1.82) is 0 Å². The third-order valence-corrected chi connectivity index (χ3v) is 6.01. The normalized spacial score (nSPS) is 13.4. The van der Waals surface area contributed by atoms with E-state index in [0.29, 0.717) is 12.0 Å². The first-order chi connectivity index (χ1) is 13.6. The minimum absolute atomic E-state index is 0.0426. The summed E-state index contributed by atoms with van der Waals surface area (Å²) in [6.07, 6.45) is 1.36. The molecule has 0 aliphatic heterocycles. The third kappa shape index (κ3) is 2.29. The summed E-state index contributed by atoms with van der Waals surface area (Å²) >= 11 is 0. The molecule has 0 saturated carbocycles. The molecule has 1 aliphatic carbocycles. The van der Waals surface area contributed by atoms with Gasteiger partial charge in [0.15, 0.2) is 11.6 Å². The van der Waals surface area contributed by atoms with E-state index in [-0.39, 0.29) is 11.6 Å². The van der Waals surface area contributed by atoms with E-state index < -0.39 is 0 Å². The van der Waals surface area contributed by atoms with Crippen molar-refractivity contribution >= 4 is 33.4 Å². The number of aryl methyl sites for hydroxylation is 3. The zero-order valence-electron chi connectivity index (χ0n) is 16.1. The summed E-state index contributed by atoms with van der Waals surface area (Å²) in [5, 5.41) is 2.21. The lowest BCUT2D eigenvalue weighted by molar-refractivity contribution is 0.0993. The SMILES string of the molecule is CCn1c2ccc(C(=O)c3ccccc3C)cc2c2c3c(ccc21)C(=O)CC3. The standard InChI is InChI=1S/C25H21NO2/c1-3-26-21-11-8-16(25(28)17-7-5-4-6-15(17)2)14-20(21)24-19-10-13-23(27)18(19)9-12-22(24)26/h4-9,11-12,14H,3,10,13H2,1-2H3. The maximum atomic E-state index is 13.1. The van der Waals surface area contributed by atoms with E-state index in [4.69, 9.17) is 0 Å². The van der Waals surface area contributed by atoms with Gasteiger partial charge in [-0.25, -0.2) is 0 Å². The van der Waals surface area contributed by atoms with Crippen LogP contribution in [0.15, 0.2) is 54.6 Å². The molecule has 0 bridgehead atoms. The first kappa shape index (κ1) is 16.9. The molecule has 4 aromatic rings. The lowest BCUT2D eigenvalue weighted by Gasteiger charge is -2.06. The second-order valence-corrected chi connectivity index (χ2v) is 7.53. The Hall–Kier alpha value is -3.20. The fraction of sp³-hybridized carbons (Fsp3) is 0.200. The van der Waals surface area contributed by atoms with Crippen LogP contribution in [-0.4, -0.2) is 16.1 Å². The summed E-state index contributed by atoms with van der Waals surface area (Å²) in [5.41, 5.74) is 6.66. The molecule has 1 aliphatic rings. The van der Waals surface area contributed by atoms with E-state index >= 15 is 0 Å². The number of hydrogen-bond donors (Lipinski definition) is 0. The molecular weight excluding hydrogens is 346 g/mol. The van der Waals surface area contributed by atoms with Crippen molar-refractivity contribution in [1.82, 2.24) is 4.57 Å². The van der Waals surface area contributed by atoms with Gasteiger partial charge in [-0.05, 0) is 61.7 Å². The summed E-state index contributed by atoms with van der Waals surface area (Å²) < 4.78 is 2.27. The minimum atomic E-state index is 0.0426. The topological polar surface area (TPSA) is 39.1 Å². The van der Waals surface area contributed by atoms with Crippen molar-refractivity contribution < 1.29 is 9.59 Å². The van der Waals surface area contributed by atoms with Crippen molar-refractivity contribution in [3.05, 3.63) is 82.4 Å². The van der Waals surface area contributed by atoms with Gasteiger partial charge < -0.3 is 4.57 Å². The molecule has 3 aromatic carbocycles. The highest BCUT2D eigenvalue weighted by atomic mass is 16.1. The lowest BCUT2D eigenvalue weighted by Crippen LogP contribution is -2.03. The van der Waals surface area contributed by atoms with Crippen LogP contribution < -0.4 is 0 Å². The monoisotopic (exact) mass is 367 g/mol. The highest BCUT2D eigenvalue weighted by Gasteiger charge is 2.25. The van der Waals surface area contributed by atoms with Crippen LogP contribution in [0, 0.1) is 6.92 Å². The summed E-state index contributed by atoms with van der Waals surface area (Å²) in [6, 6.07) is 17.7. The molecular formula is C25H21NO2. The number of carbonyl (C=O) groups excluding carboxylic acids is 2. The zero-order chi connectivity index (χ0) is 19.4. The van der Waals surface area contributed by atoms with Crippen LogP contribution in [0.1, 0.15) is 50.8 Å². The second kappa shape index (κ2) is 6.16. The first-order valence-corrected chi connectivity index (χ1v) is 9.81. The number of ketones is 2. The fourth-order valence-electron chi connectivity index (χ4n) is 4.62. The van der Waals surface area contributed by atoms with Gasteiger partial charge in [0, 0.05) is 51.5 Å². The molecule has 28 heavy (non-hydrogen) atoms. The smallest absolute Gasteiger partial charge is 0.193 e. The lowest BCUT2D eigenvalue weighted by atomic mass is 9.96. The van der Waals surface area contributed by atoms with Gasteiger partial charge in [0.2, 0.25) is 0 Å². The molecule has 0 unspecified atom stereocenters. The maximum Gasteiger partial charge on any atom is 0.193 e. The quantitative estimate of drug-likeness (QED) is 0.450. The number of fused-ring (bicyclic) bond motifs is 5. The predicted molar refractivity (Wildman–Crippen MR) is 112 cm³/mol. The van der Waals surface area contributed by atoms with Crippen LogP contribution in [0.4, 0.5) is 0 Å². The van der Waals surface area contributed by atoms with Gasteiger partial charge in [0.25, 0.3) is 0 Å². The summed E-state index contributed by atoms with van der Waals surface area (Å²) in [6.45, 7) is 4.94. The molecule has 138 valence electrons. The van der Waals surface area contributed by atoms with Gasteiger partial charge in [-0.2, -0.15) is 0 Å². The highest BCUT2D eigenvalue weighted by molar-refractivity contribution is 6.18. The highest BCUT2D eigenvalue weighted by Crippen LogP contribution is 2.37. The van der Waals surface area contributed by atoms with Crippen LogP contribution in [0.3, 0.4) is 0 Å². The molecule has 3 nitrogen and oxygen atoms in total. The van der Waals surface area contributed by atoms with Gasteiger partial charge in [-0.1, -0.05) is 24.3 Å². The Kier molecular flexibility index (Phi) is 3.73. The minimum Gasteiger partial charge on any atom is -0.341 e. The molecule has 0 spiro atoms. The van der Waals surface area contributed by atoms with Crippen LogP contribution >= 0.6 is 0 Å². The number of hydrogen-bond acceptors (Lipinski definition) is 2. The molecule has 0 amide bonds. The Labute approximate surface area is 163 Å². The van der Waals surface area contributed by atoms with Gasteiger partial charge in [-0.3, -0.25) is 9.59 Å². The summed E-state index contributed by atoms with van der Waals surface area (Å²) in [7, 11) is 0. The van der Waals surface area contributed by atoms with E-state index in [9.17, 15) is 9.59 Å². The molecule has 1 aromatic heterocycles. The summed E-state index contributed by atoms with van der Waals surface area (Å²) in [5.74, 6) is 0.266. The van der Waals surface area contributed by atoms with Crippen molar-refractivity contribution in [2.24, 2.45) is 0 Å². The van der Waals surface area contributed by atoms with Gasteiger partial charge >= 0.3 is 0 Å².